The molecule has 0 spiro atoms. The van der Waals surface area contributed by atoms with E-state index >= 15 is 0 Å². The van der Waals surface area contributed by atoms with Gasteiger partial charge in [0.1, 0.15) is 10.6 Å². The van der Waals surface area contributed by atoms with Crippen molar-refractivity contribution >= 4 is 33.5 Å². The lowest BCUT2D eigenvalue weighted by molar-refractivity contribution is -0.142. The second-order valence-electron chi connectivity index (χ2n) is 3.20. The molecule has 1 atom stereocenters. The molecular weight excluding hydrogens is 298 g/mol. The molecule has 2 nitrogen and oxygen atoms in total. The van der Waals surface area contributed by atoms with Gasteiger partial charge in [-0.15, -0.1) is 0 Å². The van der Waals surface area contributed by atoms with Crippen LogP contribution >= 0.6 is 27.5 Å². The first-order valence-electron chi connectivity index (χ1n) is 4.78. The van der Waals surface area contributed by atoms with Gasteiger partial charge in [-0.05, 0) is 37.1 Å². The molecule has 1 aromatic rings. The highest BCUT2D eigenvalue weighted by atomic mass is 79.9. The third-order valence-corrected chi connectivity index (χ3v) is 2.80. The number of benzene rings is 1. The zero-order chi connectivity index (χ0) is 12.1. The third-order valence-electron chi connectivity index (χ3n) is 1.88. The van der Waals surface area contributed by atoms with E-state index in [-0.39, 0.29) is 5.97 Å². The van der Waals surface area contributed by atoms with Gasteiger partial charge in [0.15, 0.2) is 0 Å². The van der Waals surface area contributed by atoms with Gasteiger partial charge in [0.05, 0.1) is 6.61 Å². The fraction of sp³-hybridized carbons (Fsp3) is 0.364. The van der Waals surface area contributed by atoms with Gasteiger partial charge >= 0.3 is 5.97 Å². The van der Waals surface area contributed by atoms with Crippen molar-refractivity contribution in [3.63, 3.8) is 0 Å². The van der Waals surface area contributed by atoms with Crippen LogP contribution in [0, 0.1) is 5.82 Å². The highest BCUT2D eigenvalue weighted by Crippen LogP contribution is 2.18. The van der Waals surface area contributed by atoms with Crippen molar-refractivity contribution in [2.45, 2.75) is 18.2 Å². The first-order valence-corrected chi connectivity index (χ1v) is 6.08. The molecule has 0 aromatic heterocycles. The Morgan fingerprint density at radius 3 is 2.81 bits per heavy atom. The standard InChI is InChI=1S/C11H11BrClFO2/c1-2-16-11(15)10(12)5-7-3-8(13)6-9(14)4-7/h3-4,6,10H,2,5H2,1H3. The van der Waals surface area contributed by atoms with Gasteiger partial charge in [-0.2, -0.15) is 0 Å². The first kappa shape index (κ1) is 13.5. The van der Waals surface area contributed by atoms with Crippen molar-refractivity contribution in [1.82, 2.24) is 0 Å². The van der Waals surface area contributed by atoms with Crippen LogP contribution in [0.2, 0.25) is 5.02 Å². The van der Waals surface area contributed by atoms with Crippen LogP contribution < -0.4 is 0 Å². The lowest BCUT2D eigenvalue weighted by atomic mass is 10.1. The van der Waals surface area contributed by atoms with Crippen molar-refractivity contribution in [3.8, 4) is 0 Å². The number of carbonyl (C=O) groups excluding carboxylic acids is 1. The minimum atomic E-state index is -0.481. The number of halogens is 3. The Morgan fingerprint density at radius 2 is 2.25 bits per heavy atom. The fourth-order valence-corrected chi connectivity index (χ4v) is 2.00. The summed E-state index contributed by atoms with van der Waals surface area (Å²) in [5, 5.41) is 0.318. The predicted octanol–water partition coefficient (Wildman–Crippen LogP) is 3.35. The van der Waals surface area contributed by atoms with Crippen LogP contribution in [0.5, 0.6) is 0 Å². The maximum Gasteiger partial charge on any atom is 0.320 e. The van der Waals surface area contributed by atoms with Crippen molar-refractivity contribution < 1.29 is 13.9 Å². The zero-order valence-corrected chi connectivity index (χ0v) is 11.0. The SMILES string of the molecule is CCOC(=O)C(Br)Cc1cc(F)cc(Cl)c1. The van der Waals surface area contributed by atoms with Gasteiger partial charge in [-0.1, -0.05) is 27.5 Å². The minimum Gasteiger partial charge on any atom is -0.465 e. The minimum absolute atomic E-state index is 0.318. The van der Waals surface area contributed by atoms with Gasteiger partial charge in [-0.3, -0.25) is 4.79 Å². The van der Waals surface area contributed by atoms with Crippen molar-refractivity contribution in [1.29, 1.82) is 0 Å². The van der Waals surface area contributed by atoms with Crippen LogP contribution in [0.1, 0.15) is 12.5 Å². The summed E-state index contributed by atoms with van der Waals surface area (Å²) >= 11 is 8.89. The number of rotatable bonds is 4. The Morgan fingerprint density at radius 1 is 1.56 bits per heavy atom. The second kappa shape index (κ2) is 6.21. The summed E-state index contributed by atoms with van der Waals surface area (Å²) in [7, 11) is 0. The van der Waals surface area contributed by atoms with Gasteiger partial charge < -0.3 is 4.74 Å². The largest absolute Gasteiger partial charge is 0.465 e. The number of hydrogen-bond donors (Lipinski definition) is 0. The molecule has 5 heteroatoms. The normalized spacial score (nSPS) is 12.2. The van der Waals surface area contributed by atoms with E-state index in [0.29, 0.717) is 23.6 Å². The molecule has 16 heavy (non-hydrogen) atoms. The third kappa shape index (κ3) is 4.10. The highest BCUT2D eigenvalue weighted by Gasteiger charge is 2.16. The Hall–Kier alpha value is -0.610. The molecule has 1 rings (SSSR count). The smallest absolute Gasteiger partial charge is 0.320 e. The van der Waals surface area contributed by atoms with Gasteiger partial charge in [0.2, 0.25) is 0 Å². The van der Waals surface area contributed by atoms with E-state index in [9.17, 15) is 9.18 Å². The van der Waals surface area contributed by atoms with Crippen molar-refractivity contribution in [3.05, 3.63) is 34.6 Å². The van der Waals surface area contributed by atoms with Crippen molar-refractivity contribution in [2.24, 2.45) is 0 Å². The molecule has 0 bridgehead atoms. The average molecular weight is 310 g/mol. The number of alkyl halides is 1. The molecule has 0 saturated heterocycles. The van der Waals surface area contributed by atoms with E-state index in [0.717, 1.165) is 0 Å². The number of hydrogen-bond acceptors (Lipinski definition) is 2. The highest BCUT2D eigenvalue weighted by molar-refractivity contribution is 9.10. The van der Waals surface area contributed by atoms with Crippen LogP contribution in [-0.2, 0) is 16.0 Å². The molecule has 0 amide bonds. The van der Waals surface area contributed by atoms with E-state index in [1.807, 2.05) is 0 Å². The van der Waals surface area contributed by atoms with Gasteiger partial charge in [0.25, 0.3) is 0 Å². The summed E-state index contributed by atoms with van der Waals surface area (Å²) in [6.45, 7) is 2.06. The topological polar surface area (TPSA) is 26.3 Å². The van der Waals surface area contributed by atoms with E-state index < -0.39 is 10.6 Å². The number of carbonyl (C=O) groups is 1. The summed E-state index contributed by atoms with van der Waals surface area (Å²) in [6, 6.07) is 4.19. The fourth-order valence-electron chi connectivity index (χ4n) is 1.25. The molecule has 1 aromatic carbocycles. The van der Waals surface area contributed by atoms with E-state index in [1.165, 1.54) is 12.1 Å². The van der Waals surface area contributed by atoms with Gasteiger partial charge in [-0.25, -0.2) is 4.39 Å². The Kier molecular flexibility index (Phi) is 5.22. The molecule has 88 valence electrons. The van der Waals surface area contributed by atoms with Crippen LogP contribution in [-0.4, -0.2) is 17.4 Å². The van der Waals surface area contributed by atoms with E-state index in [2.05, 4.69) is 15.9 Å². The van der Waals surface area contributed by atoms with Crippen LogP contribution in [0.15, 0.2) is 18.2 Å². The lowest BCUT2D eigenvalue weighted by Crippen LogP contribution is -2.19. The molecule has 1 unspecified atom stereocenters. The molecular formula is C11H11BrClFO2. The summed E-state index contributed by atoms with van der Waals surface area (Å²) in [4.78, 5) is 10.8. The molecule has 0 saturated carbocycles. The summed E-state index contributed by atoms with van der Waals surface area (Å²) < 4.78 is 17.8. The van der Waals surface area contributed by atoms with Crippen LogP contribution in [0.3, 0.4) is 0 Å². The predicted molar refractivity (Wildman–Crippen MR) is 64.5 cm³/mol. The molecule has 0 aliphatic carbocycles. The van der Waals surface area contributed by atoms with Crippen LogP contribution in [0.4, 0.5) is 4.39 Å². The van der Waals surface area contributed by atoms with E-state index in [4.69, 9.17) is 16.3 Å². The van der Waals surface area contributed by atoms with Crippen molar-refractivity contribution in [2.75, 3.05) is 6.61 Å². The Balaban J connectivity index is 2.69. The summed E-state index contributed by atoms with van der Waals surface area (Å²) in [6.07, 6.45) is 0.344. The summed E-state index contributed by atoms with van der Waals surface area (Å²) in [5.74, 6) is -0.769. The number of esters is 1. The second-order valence-corrected chi connectivity index (χ2v) is 4.74. The lowest BCUT2D eigenvalue weighted by Gasteiger charge is -2.09. The van der Waals surface area contributed by atoms with Crippen LogP contribution in [0.25, 0.3) is 0 Å². The molecule has 0 radical (unpaired) electrons. The molecule has 0 heterocycles. The average Bonchev–Trinajstić information content (AvgIpc) is 2.16. The molecule has 0 aliphatic heterocycles. The Bertz CT molecular complexity index is 364. The first-order chi connectivity index (χ1) is 7.52. The molecule has 0 fully saturated rings. The Labute approximate surface area is 107 Å². The molecule has 0 aliphatic rings. The monoisotopic (exact) mass is 308 g/mol. The summed E-state index contributed by atoms with van der Waals surface area (Å²) in [5.41, 5.74) is 0.653. The van der Waals surface area contributed by atoms with E-state index in [1.54, 1.807) is 13.0 Å². The maximum atomic E-state index is 13.0. The van der Waals surface area contributed by atoms with Gasteiger partial charge in [0, 0.05) is 5.02 Å². The maximum absolute atomic E-state index is 13.0. The number of ether oxygens (including phenoxy) is 1. The molecule has 0 N–H and O–H groups in total. The zero-order valence-electron chi connectivity index (χ0n) is 8.67. The quantitative estimate of drug-likeness (QED) is 0.630.